The van der Waals surface area contributed by atoms with Crippen molar-refractivity contribution in [2.24, 2.45) is 18.9 Å². The van der Waals surface area contributed by atoms with E-state index in [1.54, 1.807) is 31.3 Å². The number of aromatic nitrogens is 3. The van der Waals surface area contributed by atoms with Crippen molar-refractivity contribution in [1.82, 2.24) is 19.4 Å². The lowest BCUT2D eigenvalue weighted by molar-refractivity contribution is -0.139. The molecule has 1 fully saturated rings. The third-order valence-electron chi connectivity index (χ3n) is 6.98. The number of likely N-dealkylation sites (tertiary alicyclic amines) is 1. The predicted octanol–water partition coefficient (Wildman–Crippen LogP) is 4.00. The normalized spacial score (nSPS) is 19.6. The van der Waals surface area contributed by atoms with E-state index < -0.39 is 12.1 Å². The summed E-state index contributed by atoms with van der Waals surface area (Å²) in [5.74, 6) is 1.26. The Morgan fingerprint density at radius 1 is 1.26 bits per heavy atom. The monoisotopic (exact) mass is 498 g/mol. The van der Waals surface area contributed by atoms with Crippen LogP contribution in [0.5, 0.6) is 5.75 Å². The van der Waals surface area contributed by atoms with Gasteiger partial charge < -0.3 is 24.4 Å². The molecule has 0 bridgehead atoms. The lowest BCUT2D eigenvalue weighted by atomic mass is 9.79. The first-order valence-corrected chi connectivity index (χ1v) is 13.1. The van der Waals surface area contributed by atoms with Crippen LogP contribution in [0, 0.1) is 11.8 Å². The number of carboxylic acids is 1. The van der Waals surface area contributed by atoms with Crippen LogP contribution in [0.4, 0.5) is 0 Å². The summed E-state index contributed by atoms with van der Waals surface area (Å²) in [5.41, 5.74) is 1.66. The molecule has 0 aliphatic carbocycles. The number of methoxy groups -OCH3 is 1. The number of thioether (sulfide) groups is 1. The van der Waals surface area contributed by atoms with Crippen LogP contribution < -0.4 is 4.74 Å². The molecule has 1 aliphatic rings. The Morgan fingerprint density at radius 2 is 2.11 bits per heavy atom. The van der Waals surface area contributed by atoms with Gasteiger partial charge in [-0.15, -0.1) is 0 Å². The molecular weight excluding hydrogens is 464 g/mol. The number of carboxylic acid groups (broad SMARTS) is 1. The number of fused-ring (bicyclic) bond motifs is 1. The number of ether oxygens (including phenoxy) is 1. The second-order valence-corrected chi connectivity index (χ2v) is 10.3. The number of aliphatic carboxylic acids is 1. The molecule has 1 aliphatic heterocycles. The minimum atomic E-state index is -0.753. The third-order valence-corrected chi connectivity index (χ3v) is 8.02. The molecule has 0 unspecified atom stereocenters. The summed E-state index contributed by atoms with van der Waals surface area (Å²) in [7, 11) is 3.61. The summed E-state index contributed by atoms with van der Waals surface area (Å²) in [6, 6.07) is 7.54. The fourth-order valence-electron chi connectivity index (χ4n) is 5.04. The Kier molecular flexibility index (Phi) is 8.64. The summed E-state index contributed by atoms with van der Waals surface area (Å²) in [4.78, 5) is 22.7. The molecule has 8 nitrogen and oxygen atoms in total. The van der Waals surface area contributed by atoms with Gasteiger partial charge in [0.15, 0.2) is 5.16 Å². The molecule has 0 saturated carbocycles. The zero-order chi connectivity index (χ0) is 24.8. The van der Waals surface area contributed by atoms with Crippen LogP contribution >= 0.6 is 11.8 Å². The molecule has 4 rings (SSSR count). The number of imidazole rings is 1. The number of hydrogen-bond donors (Lipinski definition) is 2. The fourth-order valence-corrected chi connectivity index (χ4v) is 5.98. The average molecular weight is 499 g/mol. The SMILES string of the molecule is COc1ccc2nccc([C@@H](O)CC[C@@H]3CCN(CCSc4nccn4C)C[C@@H]3CC(=O)O)c2c1. The highest BCUT2D eigenvalue weighted by molar-refractivity contribution is 7.99. The highest BCUT2D eigenvalue weighted by Gasteiger charge is 2.31. The largest absolute Gasteiger partial charge is 0.497 e. The zero-order valence-electron chi connectivity index (χ0n) is 20.3. The molecule has 1 saturated heterocycles. The first-order valence-electron chi connectivity index (χ1n) is 12.1. The Labute approximate surface area is 210 Å². The summed E-state index contributed by atoms with van der Waals surface area (Å²) in [6.45, 7) is 2.64. The number of aliphatic hydroxyl groups excluding tert-OH is 1. The van der Waals surface area contributed by atoms with Crippen LogP contribution in [-0.2, 0) is 11.8 Å². The maximum atomic E-state index is 11.6. The average Bonchev–Trinajstić information content (AvgIpc) is 3.26. The van der Waals surface area contributed by atoms with E-state index in [9.17, 15) is 15.0 Å². The van der Waals surface area contributed by atoms with E-state index in [1.807, 2.05) is 42.1 Å². The second kappa shape index (κ2) is 11.9. The number of carbonyl (C=O) groups is 1. The minimum absolute atomic E-state index is 0.0842. The summed E-state index contributed by atoms with van der Waals surface area (Å²) in [5, 5.41) is 22.5. The number of pyridine rings is 1. The van der Waals surface area contributed by atoms with Crippen LogP contribution in [0.25, 0.3) is 10.9 Å². The molecule has 35 heavy (non-hydrogen) atoms. The van der Waals surface area contributed by atoms with Gasteiger partial charge >= 0.3 is 5.97 Å². The molecule has 188 valence electrons. The zero-order valence-corrected chi connectivity index (χ0v) is 21.2. The highest BCUT2D eigenvalue weighted by Crippen LogP contribution is 2.35. The van der Waals surface area contributed by atoms with Gasteiger partial charge in [0, 0.05) is 56.3 Å². The fraction of sp³-hybridized carbons (Fsp3) is 0.500. The standard InChI is InChI=1S/C26H34N4O4S/c1-29-12-10-28-26(29)35-14-13-30-11-8-18(19(17-30)15-25(32)33)3-6-24(31)21-7-9-27-23-5-4-20(34-2)16-22(21)23/h4-5,7,9-10,12,16,18-19,24,31H,3,6,8,11,13-15,17H2,1-2H3,(H,32,33)/t18-,19+,24+/m1/s1. The van der Waals surface area contributed by atoms with Crippen LogP contribution in [0.15, 0.2) is 48.0 Å². The minimum Gasteiger partial charge on any atom is -0.497 e. The Balaban J connectivity index is 1.35. The lowest BCUT2D eigenvalue weighted by Gasteiger charge is -2.38. The summed E-state index contributed by atoms with van der Waals surface area (Å²) >= 11 is 1.73. The number of aryl methyl sites for hydroxylation is 1. The van der Waals surface area contributed by atoms with Crippen molar-refractivity contribution in [2.75, 3.05) is 32.5 Å². The maximum absolute atomic E-state index is 11.6. The number of nitrogens with zero attached hydrogens (tertiary/aromatic N) is 4. The predicted molar refractivity (Wildman–Crippen MR) is 137 cm³/mol. The van der Waals surface area contributed by atoms with Crippen molar-refractivity contribution < 1.29 is 19.7 Å². The molecule has 0 amide bonds. The van der Waals surface area contributed by atoms with Crippen molar-refractivity contribution in [3.63, 3.8) is 0 Å². The van der Waals surface area contributed by atoms with Crippen LogP contribution in [0.1, 0.15) is 37.4 Å². The van der Waals surface area contributed by atoms with E-state index in [-0.39, 0.29) is 18.3 Å². The maximum Gasteiger partial charge on any atom is 0.303 e. The van der Waals surface area contributed by atoms with Crippen LogP contribution in [0.2, 0.25) is 0 Å². The van der Waals surface area contributed by atoms with Gasteiger partial charge in [-0.1, -0.05) is 11.8 Å². The lowest BCUT2D eigenvalue weighted by Crippen LogP contribution is -2.42. The van der Waals surface area contributed by atoms with Gasteiger partial charge in [-0.3, -0.25) is 9.78 Å². The van der Waals surface area contributed by atoms with Crippen LogP contribution in [0.3, 0.4) is 0 Å². The first-order chi connectivity index (χ1) is 16.9. The summed E-state index contributed by atoms with van der Waals surface area (Å²) < 4.78 is 7.36. The van der Waals surface area contributed by atoms with Gasteiger partial charge in [0.1, 0.15) is 5.75 Å². The van der Waals surface area contributed by atoms with Gasteiger partial charge in [-0.2, -0.15) is 0 Å². The number of piperidine rings is 1. The number of benzene rings is 1. The summed E-state index contributed by atoms with van der Waals surface area (Å²) in [6.07, 6.45) is 7.33. The number of hydrogen-bond acceptors (Lipinski definition) is 7. The molecule has 9 heteroatoms. The Bertz CT molecular complexity index is 1140. The second-order valence-electron chi connectivity index (χ2n) is 9.25. The van der Waals surface area contributed by atoms with E-state index >= 15 is 0 Å². The molecule has 2 aromatic heterocycles. The van der Waals surface area contributed by atoms with Gasteiger partial charge in [0.05, 0.1) is 18.7 Å². The smallest absolute Gasteiger partial charge is 0.303 e. The molecule has 3 aromatic rings. The molecule has 0 radical (unpaired) electrons. The van der Waals surface area contributed by atoms with Crippen molar-refractivity contribution in [3.05, 3.63) is 48.4 Å². The van der Waals surface area contributed by atoms with Crippen LogP contribution in [-0.4, -0.2) is 68.1 Å². The molecule has 2 N–H and O–H groups in total. The first kappa shape index (κ1) is 25.5. The number of rotatable bonds is 11. The highest BCUT2D eigenvalue weighted by atomic mass is 32.2. The van der Waals surface area contributed by atoms with E-state index in [2.05, 4.69) is 14.9 Å². The van der Waals surface area contributed by atoms with Gasteiger partial charge in [0.2, 0.25) is 0 Å². The van der Waals surface area contributed by atoms with Gasteiger partial charge in [0.25, 0.3) is 0 Å². The molecule has 0 spiro atoms. The molecule has 3 heterocycles. The van der Waals surface area contributed by atoms with Gasteiger partial charge in [-0.05, 0) is 67.5 Å². The van der Waals surface area contributed by atoms with Gasteiger partial charge in [-0.25, -0.2) is 4.98 Å². The molecular formula is C26H34N4O4S. The van der Waals surface area contributed by atoms with Crippen molar-refractivity contribution in [3.8, 4) is 5.75 Å². The van der Waals surface area contributed by atoms with E-state index in [4.69, 9.17) is 4.74 Å². The van der Waals surface area contributed by atoms with E-state index in [0.717, 1.165) is 65.6 Å². The van der Waals surface area contributed by atoms with E-state index in [1.165, 1.54) is 0 Å². The van der Waals surface area contributed by atoms with Crippen molar-refractivity contribution in [1.29, 1.82) is 0 Å². The van der Waals surface area contributed by atoms with E-state index in [0.29, 0.717) is 6.42 Å². The quantitative estimate of drug-likeness (QED) is 0.383. The number of aliphatic hydroxyl groups is 1. The Morgan fingerprint density at radius 3 is 2.86 bits per heavy atom. The molecule has 3 atom stereocenters. The molecule has 1 aromatic carbocycles. The third kappa shape index (κ3) is 6.54. The topological polar surface area (TPSA) is 101 Å². The van der Waals surface area contributed by atoms with Crippen molar-refractivity contribution >= 4 is 28.6 Å². The van der Waals surface area contributed by atoms with Crippen molar-refractivity contribution in [2.45, 2.75) is 36.9 Å². The Hall–Kier alpha value is -2.62.